The fourth-order valence-corrected chi connectivity index (χ4v) is 3.23. The van der Waals surface area contributed by atoms with Crippen molar-refractivity contribution in [1.29, 1.82) is 0 Å². The number of hydrogen-bond acceptors (Lipinski definition) is 7. The molecule has 2 N–H and O–H groups in total. The van der Waals surface area contributed by atoms with Crippen molar-refractivity contribution in [2.45, 2.75) is 24.2 Å². The van der Waals surface area contributed by atoms with Crippen molar-refractivity contribution in [3.05, 3.63) is 6.33 Å². The molecule has 0 aliphatic carbocycles. The van der Waals surface area contributed by atoms with Crippen molar-refractivity contribution >= 4 is 45.2 Å². The third-order valence-electron chi connectivity index (χ3n) is 2.83. The monoisotopic (exact) mass is 311 g/mol. The first-order chi connectivity index (χ1) is 9.56. The standard InChI is InChI=1S/C12H17N5OS2/c1-6(2)7(11(18)13-3)16-9-8-10(15-5-14-9)17-12(19-4)20-8/h5-7H,1-4H3,(H,13,18)(H,14,15,16). The minimum absolute atomic E-state index is 0.0543. The van der Waals surface area contributed by atoms with E-state index in [1.807, 2.05) is 20.1 Å². The van der Waals surface area contributed by atoms with E-state index < -0.39 is 0 Å². The number of carbonyl (C=O) groups excluding carboxylic acids is 1. The highest BCUT2D eigenvalue weighted by molar-refractivity contribution is 8.00. The Morgan fingerprint density at radius 1 is 1.40 bits per heavy atom. The summed E-state index contributed by atoms with van der Waals surface area (Å²) in [5.74, 6) is 0.754. The molecule has 0 spiro atoms. The molecular weight excluding hydrogens is 294 g/mol. The van der Waals surface area contributed by atoms with E-state index in [4.69, 9.17) is 0 Å². The molecule has 0 aromatic carbocycles. The van der Waals surface area contributed by atoms with Crippen molar-refractivity contribution in [3.8, 4) is 0 Å². The molecule has 2 aromatic rings. The zero-order chi connectivity index (χ0) is 14.7. The topological polar surface area (TPSA) is 79.8 Å². The number of rotatable bonds is 5. The van der Waals surface area contributed by atoms with E-state index in [-0.39, 0.29) is 17.9 Å². The van der Waals surface area contributed by atoms with E-state index in [2.05, 4.69) is 25.6 Å². The first-order valence-corrected chi connectivity index (χ1v) is 8.24. The first kappa shape index (κ1) is 15.0. The van der Waals surface area contributed by atoms with Crippen molar-refractivity contribution in [2.24, 2.45) is 5.92 Å². The Kier molecular flexibility index (Phi) is 4.77. The summed E-state index contributed by atoms with van der Waals surface area (Å²) < 4.78 is 1.82. The average molecular weight is 311 g/mol. The Morgan fingerprint density at radius 2 is 2.15 bits per heavy atom. The Labute approximate surface area is 125 Å². The third kappa shape index (κ3) is 3.01. The van der Waals surface area contributed by atoms with Gasteiger partial charge in [-0.3, -0.25) is 4.79 Å². The maximum atomic E-state index is 11.9. The molecule has 2 aromatic heterocycles. The maximum absolute atomic E-state index is 11.9. The van der Waals surface area contributed by atoms with Gasteiger partial charge in [-0.15, -0.1) is 11.3 Å². The third-order valence-corrected chi connectivity index (χ3v) is 4.87. The van der Waals surface area contributed by atoms with Crippen LogP contribution in [0.5, 0.6) is 0 Å². The number of likely N-dealkylation sites (N-methyl/N-ethyl adjacent to an activating group) is 1. The van der Waals surface area contributed by atoms with Gasteiger partial charge in [0, 0.05) is 7.05 Å². The van der Waals surface area contributed by atoms with Gasteiger partial charge in [-0.2, -0.15) is 0 Å². The molecule has 0 saturated carbocycles. The number of thioether (sulfide) groups is 1. The summed E-state index contributed by atoms with van der Waals surface area (Å²) in [6.45, 7) is 3.98. The normalized spacial score (nSPS) is 12.7. The number of nitrogens with one attached hydrogen (secondary N) is 2. The van der Waals surface area contributed by atoms with Gasteiger partial charge in [-0.25, -0.2) is 15.0 Å². The van der Waals surface area contributed by atoms with Crippen LogP contribution >= 0.6 is 23.1 Å². The molecule has 0 aliphatic rings. The highest BCUT2D eigenvalue weighted by Crippen LogP contribution is 2.31. The molecule has 0 bridgehead atoms. The Bertz CT molecular complexity index is 613. The fraction of sp³-hybridized carbons (Fsp3) is 0.500. The summed E-state index contributed by atoms with van der Waals surface area (Å²) in [6, 6.07) is -0.335. The van der Waals surface area contributed by atoms with Crippen molar-refractivity contribution < 1.29 is 4.79 Å². The molecule has 8 heteroatoms. The lowest BCUT2D eigenvalue weighted by molar-refractivity contribution is -0.122. The van der Waals surface area contributed by atoms with Crippen LogP contribution in [0.2, 0.25) is 0 Å². The smallest absolute Gasteiger partial charge is 0.242 e. The minimum Gasteiger partial charge on any atom is -0.357 e. The minimum atomic E-state index is -0.335. The second-order valence-electron chi connectivity index (χ2n) is 4.54. The lowest BCUT2D eigenvalue weighted by Gasteiger charge is -2.21. The lowest BCUT2D eigenvalue weighted by Crippen LogP contribution is -2.41. The van der Waals surface area contributed by atoms with E-state index in [0.717, 1.165) is 9.04 Å². The number of aromatic nitrogens is 3. The van der Waals surface area contributed by atoms with Crippen LogP contribution in [0.15, 0.2) is 10.7 Å². The predicted octanol–water partition coefficient (Wildman–Crippen LogP) is 1.99. The Morgan fingerprint density at radius 3 is 2.75 bits per heavy atom. The van der Waals surface area contributed by atoms with E-state index in [1.54, 1.807) is 18.8 Å². The molecule has 6 nitrogen and oxygen atoms in total. The molecule has 0 saturated heterocycles. The van der Waals surface area contributed by atoms with Crippen LogP contribution in [0.4, 0.5) is 5.82 Å². The SMILES string of the molecule is CNC(=O)C(Nc1ncnc2nc(SC)sc12)C(C)C. The van der Waals surface area contributed by atoms with Crippen LogP contribution in [-0.4, -0.2) is 40.2 Å². The van der Waals surface area contributed by atoms with E-state index in [0.29, 0.717) is 11.5 Å². The molecule has 108 valence electrons. The quantitative estimate of drug-likeness (QED) is 0.822. The summed E-state index contributed by atoms with van der Waals surface area (Å²) in [4.78, 5) is 24.7. The van der Waals surface area contributed by atoms with Gasteiger partial charge in [0.2, 0.25) is 5.91 Å². The highest BCUT2D eigenvalue weighted by Gasteiger charge is 2.23. The molecule has 1 unspecified atom stereocenters. The molecule has 20 heavy (non-hydrogen) atoms. The van der Waals surface area contributed by atoms with Crippen LogP contribution < -0.4 is 10.6 Å². The van der Waals surface area contributed by atoms with Gasteiger partial charge in [0.05, 0.1) is 0 Å². The molecule has 0 radical (unpaired) electrons. The second-order valence-corrected chi connectivity index (χ2v) is 6.59. The van der Waals surface area contributed by atoms with Crippen LogP contribution in [-0.2, 0) is 4.79 Å². The van der Waals surface area contributed by atoms with Gasteiger partial charge in [0.25, 0.3) is 0 Å². The highest BCUT2D eigenvalue weighted by atomic mass is 32.2. The number of fused-ring (bicyclic) bond motifs is 1. The molecule has 1 amide bonds. The van der Waals surface area contributed by atoms with Gasteiger partial charge in [0.1, 0.15) is 22.9 Å². The first-order valence-electron chi connectivity index (χ1n) is 6.20. The summed E-state index contributed by atoms with van der Waals surface area (Å²) in [5, 5.41) is 5.88. The largest absolute Gasteiger partial charge is 0.357 e. The molecular formula is C12H17N5OS2. The van der Waals surface area contributed by atoms with Gasteiger partial charge in [-0.05, 0) is 12.2 Å². The van der Waals surface area contributed by atoms with Crippen molar-refractivity contribution in [3.63, 3.8) is 0 Å². The number of carbonyl (C=O) groups is 1. The number of thiazole rings is 1. The predicted molar refractivity (Wildman–Crippen MR) is 83.3 cm³/mol. The van der Waals surface area contributed by atoms with Crippen LogP contribution in [0.1, 0.15) is 13.8 Å². The maximum Gasteiger partial charge on any atom is 0.242 e. The summed E-state index contributed by atoms with van der Waals surface area (Å²) in [6.07, 6.45) is 3.44. The summed E-state index contributed by atoms with van der Waals surface area (Å²) in [5.41, 5.74) is 0.663. The molecule has 1 atom stereocenters. The van der Waals surface area contributed by atoms with E-state index >= 15 is 0 Å². The molecule has 0 aliphatic heterocycles. The van der Waals surface area contributed by atoms with E-state index in [1.165, 1.54) is 17.7 Å². The number of anilines is 1. The molecule has 2 rings (SSSR count). The van der Waals surface area contributed by atoms with Gasteiger partial charge < -0.3 is 10.6 Å². The molecule has 0 fully saturated rings. The summed E-state index contributed by atoms with van der Waals surface area (Å²) in [7, 11) is 1.63. The van der Waals surface area contributed by atoms with Crippen molar-refractivity contribution in [1.82, 2.24) is 20.3 Å². The van der Waals surface area contributed by atoms with E-state index in [9.17, 15) is 4.79 Å². The lowest BCUT2D eigenvalue weighted by atomic mass is 10.0. The zero-order valence-electron chi connectivity index (χ0n) is 11.8. The van der Waals surface area contributed by atoms with Crippen LogP contribution in [0, 0.1) is 5.92 Å². The Balaban J connectivity index is 2.36. The summed E-state index contributed by atoms with van der Waals surface area (Å²) >= 11 is 3.10. The Hall–Kier alpha value is -1.41. The van der Waals surface area contributed by atoms with Crippen molar-refractivity contribution in [2.75, 3.05) is 18.6 Å². The number of nitrogens with zero attached hydrogens (tertiary/aromatic N) is 3. The average Bonchev–Trinajstić information content (AvgIpc) is 2.87. The molecule has 2 heterocycles. The second kappa shape index (κ2) is 6.36. The fourth-order valence-electron chi connectivity index (χ4n) is 1.76. The van der Waals surface area contributed by atoms with Gasteiger partial charge >= 0.3 is 0 Å². The van der Waals surface area contributed by atoms with Crippen LogP contribution in [0.25, 0.3) is 10.3 Å². The van der Waals surface area contributed by atoms with Gasteiger partial charge in [-0.1, -0.05) is 25.6 Å². The number of hydrogen-bond donors (Lipinski definition) is 2. The van der Waals surface area contributed by atoms with Crippen LogP contribution in [0.3, 0.4) is 0 Å². The van der Waals surface area contributed by atoms with Gasteiger partial charge in [0.15, 0.2) is 9.99 Å². The number of amides is 1. The zero-order valence-corrected chi connectivity index (χ0v) is 13.4.